The Morgan fingerprint density at radius 2 is 2.08 bits per heavy atom. The number of amides is 1. The first-order valence-corrected chi connectivity index (χ1v) is 12.7. The van der Waals surface area contributed by atoms with E-state index in [-0.39, 0.29) is 24.8 Å². The highest BCUT2D eigenvalue weighted by atomic mass is 19.1. The quantitative estimate of drug-likeness (QED) is 0.320. The van der Waals surface area contributed by atoms with Gasteiger partial charge in [-0.25, -0.2) is 14.4 Å². The highest BCUT2D eigenvalue weighted by molar-refractivity contribution is 5.77. The summed E-state index contributed by atoms with van der Waals surface area (Å²) in [5.74, 6) is -1.13. The number of carbonyl (C=O) groups excluding carboxylic acids is 1. The van der Waals surface area contributed by atoms with Crippen molar-refractivity contribution in [2.24, 2.45) is 0 Å². The molecular weight excluding hydrogens is 491 g/mol. The summed E-state index contributed by atoms with van der Waals surface area (Å²) in [6.07, 6.45) is 5.02. The molecule has 11 heteroatoms. The van der Waals surface area contributed by atoms with Crippen LogP contribution in [0.25, 0.3) is 0 Å². The predicted octanol–water partition coefficient (Wildman–Crippen LogP) is 2.96. The number of hydrogen-bond donors (Lipinski definition) is 4. The van der Waals surface area contributed by atoms with Gasteiger partial charge in [-0.05, 0) is 55.0 Å². The lowest BCUT2D eigenvalue weighted by Gasteiger charge is -2.20. The van der Waals surface area contributed by atoms with Crippen LogP contribution in [-0.4, -0.2) is 38.1 Å². The molecule has 38 heavy (non-hydrogen) atoms. The van der Waals surface area contributed by atoms with E-state index in [1.165, 1.54) is 28.3 Å². The van der Waals surface area contributed by atoms with Crippen molar-refractivity contribution < 1.29 is 19.1 Å². The molecule has 4 N–H and O–H groups in total. The molecule has 0 unspecified atom stereocenters. The molecule has 3 heterocycles. The number of pyridine rings is 1. The van der Waals surface area contributed by atoms with Gasteiger partial charge in [-0.2, -0.15) is 0 Å². The van der Waals surface area contributed by atoms with Gasteiger partial charge in [0.15, 0.2) is 5.82 Å². The molecule has 2 aromatic heterocycles. The highest BCUT2D eigenvalue weighted by Gasteiger charge is 2.29. The lowest BCUT2D eigenvalue weighted by molar-refractivity contribution is -0.137. The Morgan fingerprint density at radius 3 is 2.84 bits per heavy atom. The van der Waals surface area contributed by atoms with Gasteiger partial charge in [-0.1, -0.05) is 18.2 Å². The van der Waals surface area contributed by atoms with E-state index in [2.05, 4.69) is 25.9 Å². The lowest BCUT2D eigenvalue weighted by Crippen LogP contribution is -2.37. The molecule has 0 bridgehead atoms. The molecule has 1 aromatic carbocycles. The van der Waals surface area contributed by atoms with E-state index in [4.69, 9.17) is 0 Å². The summed E-state index contributed by atoms with van der Waals surface area (Å²) in [5, 5.41) is 18.3. The second-order valence-electron chi connectivity index (χ2n) is 9.66. The van der Waals surface area contributed by atoms with E-state index in [9.17, 15) is 23.9 Å². The maximum atomic E-state index is 13.7. The molecule has 5 rings (SSSR count). The van der Waals surface area contributed by atoms with E-state index in [0.717, 1.165) is 43.7 Å². The molecule has 3 aromatic rings. The third kappa shape index (κ3) is 5.99. The summed E-state index contributed by atoms with van der Waals surface area (Å²) < 4.78 is 15.1. The van der Waals surface area contributed by atoms with Crippen LogP contribution in [0, 0.1) is 5.82 Å². The van der Waals surface area contributed by atoms with Gasteiger partial charge < -0.3 is 21.1 Å². The fraction of sp³-hybridized carbons (Fsp3) is 0.370. The average Bonchev–Trinajstić information content (AvgIpc) is 3.74. The zero-order valence-corrected chi connectivity index (χ0v) is 20.7. The van der Waals surface area contributed by atoms with Crippen LogP contribution in [0.1, 0.15) is 60.2 Å². The summed E-state index contributed by atoms with van der Waals surface area (Å²) in [5.41, 5.74) is 2.47. The van der Waals surface area contributed by atoms with Crippen LogP contribution in [0.4, 0.5) is 16.0 Å². The number of carboxylic acids is 1. The van der Waals surface area contributed by atoms with Crippen molar-refractivity contribution in [3.63, 3.8) is 0 Å². The van der Waals surface area contributed by atoms with Crippen molar-refractivity contribution in [1.29, 1.82) is 0 Å². The smallest absolute Gasteiger partial charge is 0.305 e. The Morgan fingerprint density at radius 1 is 1.24 bits per heavy atom. The second-order valence-corrected chi connectivity index (χ2v) is 9.66. The van der Waals surface area contributed by atoms with Gasteiger partial charge in [0.2, 0.25) is 5.91 Å². The minimum Gasteiger partial charge on any atom is -0.481 e. The van der Waals surface area contributed by atoms with Crippen molar-refractivity contribution >= 4 is 23.5 Å². The minimum atomic E-state index is -1.14. The summed E-state index contributed by atoms with van der Waals surface area (Å²) in [4.78, 5) is 46.7. The standard InChI is InChI=1S/C27H29FN6O4/c28-19-5-1-3-18(11-19)21(12-24(36)37)33-23(35)15-34-22(16-6-7-16)14-31-26(27(34)38)30-13-20-9-8-17-4-2-10-29-25(17)32-20/h1,3,5,8-9,11,14,16,21H,2,4,6-7,10,12-13,15H2,(H,29,32)(H,30,31)(H,33,35)(H,36,37)/t21-/m0/s1. The first-order chi connectivity index (χ1) is 18.4. The molecule has 0 saturated heterocycles. The number of halogens is 1. The van der Waals surface area contributed by atoms with Crippen LogP contribution < -0.4 is 21.5 Å². The largest absolute Gasteiger partial charge is 0.481 e. The molecular formula is C27H29FN6O4. The monoisotopic (exact) mass is 520 g/mol. The number of rotatable bonds is 10. The van der Waals surface area contributed by atoms with Crippen molar-refractivity contribution in [2.45, 2.75) is 57.2 Å². The molecule has 0 spiro atoms. The molecule has 1 aliphatic carbocycles. The fourth-order valence-electron chi connectivity index (χ4n) is 4.67. The van der Waals surface area contributed by atoms with Gasteiger partial charge in [-0.15, -0.1) is 0 Å². The van der Waals surface area contributed by atoms with Crippen molar-refractivity contribution in [2.75, 3.05) is 17.2 Å². The van der Waals surface area contributed by atoms with E-state index in [1.54, 1.807) is 12.3 Å². The Balaban J connectivity index is 1.33. The SMILES string of the molecule is O=C(O)C[C@H](NC(=O)Cn1c(C2CC2)cnc(NCc2ccc3c(n2)NCCC3)c1=O)c1cccc(F)c1. The van der Waals surface area contributed by atoms with Crippen LogP contribution in [0.2, 0.25) is 0 Å². The number of nitrogens with one attached hydrogen (secondary N) is 3. The molecule has 2 aliphatic rings. The molecule has 198 valence electrons. The van der Waals surface area contributed by atoms with Crippen LogP contribution in [0.15, 0.2) is 47.4 Å². The number of aliphatic carboxylic acids is 1. The maximum absolute atomic E-state index is 13.7. The maximum Gasteiger partial charge on any atom is 0.305 e. The molecule has 1 atom stereocenters. The van der Waals surface area contributed by atoms with Gasteiger partial charge in [-0.3, -0.25) is 19.0 Å². The molecule has 1 saturated carbocycles. The number of hydrogen-bond acceptors (Lipinski definition) is 7. The first-order valence-electron chi connectivity index (χ1n) is 12.7. The zero-order chi connectivity index (χ0) is 26.6. The number of benzene rings is 1. The van der Waals surface area contributed by atoms with Crippen LogP contribution in [0.5, 0.6) is 0 Å². The molecule has 0 radical (unpaired) electrons. The van der Waals surface area contributed by atoms with Gasteiger partial charge in [0.1, 0.15) is 18.2 Å². The molecule has 1 aliphatic heterocycles. The van der Waals surface area contributed by atoms with Crippen LogP contribution in [-0.2, 0) is 29.1 Å². The fourth-order valence-corrected chi connectivity index (χ4v) is 4.67. The first kappa shape index (κ1) is 25.4. The molecule has 1 amide bonds. The van der Waals surface area contributed by atoms with Gasteiger partial charge >= 0.3 is 5.97 Å². The van der Waals surface area contributed by atoms with E-state index in [1.807, 2.05) is 12.1 Å². The van der Waals surface area contributed by atoms with E-state index < -0.39 is 35.7 Å². The van der Waals surface area contributed by atoms with Crippen molar-refractivity contribution in [3.05, 3.63) is 81.3 Å². The highest BCUT2D eigenvalue weighted by Crippen LogP contribution is 2.39. The topological polar surface area (TPSA) is 138 Å². The van der Waals surface area contributed by atoms with Crippen LogP contribution >= 0.6 is 0 Å². The number of nitrogens with zero attached hydrogens (tertiary/aromatic N) is 3. The number of aryl methyl sites for hydroxylation is 1. The Kier molecular flexibility index (Phi) is 7.34. The van der Waals surface area contributed by atoms with E-state index >= 15 is 0 Å². The number of fused-ring (bicyclic) bond motifs is 1. The lowest BCUT2D eigenvalue weighted by atomic mass is 10.0. The van der Waals surface area contributed by atoms with Crippen molar-refractivity contribution in [3.8, 4) is 0 Å². The number of aromatic nitrogens is 3. The molecule has 1 fully saturated rings. The third-order valence-electron chi connectivity index (χ3n) is 6.74. The summed E-state index contributed by atoms with van der Waals surface area (Å²) in [6.45, 7) is 0.848. The number of carbonyl (C=O) groups is 2. The number of anilines is 2. The number of carboxylic acid groups (broad SMARTS) is 1. The van der Waals surface area contributed by atoms with Gasteiger partial charge in [0, 0.05) is 24.4 Å². The Hall–Kier alpha value is -4.28. The van der Waals surface area contributed by atoms with Gasteiger partial charge in [0.25, 0.3) is 5.56 Å². The van der Waals surface area contributed by atoms with Gasteiger partial charge in [0.05, 0.1) is 24.7 Å². The minimum absolute atomic E-state index is 0.0990. The molecule has 10 nitrogen and oxygen atoms in total. The predicted molar refractivity (Wildman–Crippen MR) is 138 cm³/mol. The van der Waals surface area contributed by atoms with Crippen molar-refractivity contribution in [1.82, 2.24) is 19.9 Å². The summed E-state index contributed by atoms with van der Waals surface area (Å²) >= 11 is 0. The summed E-state index contributed by atoms with van der Waals surface area (Å²) in [7, 11) is 0. The zero-order valence-electron chi connectivity index (χ0n) is 20.7. The third-order valence-corrected chi connectivity index (χ3v) is 6.74. The van der Waals surface area contributed by atoms with E-state index in [0.29, 0.717) is 11.3 Å². The Labute approximate surface area is 218 Å². The normalized spacial score (nSPS) is 15.2. The average molecular weight is 521 g/mol. The Bertz CT molecular complexity index is 1420. The second kappa shape index (κ2) is 11.0. The summed E-state index contributed by atoms with van der Waals surface area (Å²) in [6, 6.07) is 8.44. The van der Waals surface area contributed by atoms with Crippen LogP contribution in [0.3, 0.4) is 0 Å².